The van der Waals surface area contributed by atoms with Crippen molar-refractivity contribution in [2.75, 3.05) is 27.1 Å². The highest BCUT2D eigenvalue weighted by molar-refractivity contribution is 5.69. The first-order valence-electron chi connectivity index (χ1n) is 21.1. The zero-order valence-electron chi connectivity index (χ0n) is 32.5. The maximum atomic E-state index is 12.4. The third-order valence-corrected chi connectivity index (χ3v) is 9.81. The van der Waals surface area contributed by atoms with Crippen LogP contribution >= 0.6 is 0 Å². The van der Waals surface area contributed by atoms with E-state index in [1.807, 2.05) is 7.05 Å². The molecule has 280 valence electrons. The number of hydrogen-bond acceptors (Lipinski definition) is 4. The van der Waals surface area contributed by atoms with Gasteiger partial charge in [0, 0.05) is 12.8 Å². The van der Waals surface area contributed by atoms with E-state index in [2.05, 4.69) is 20.8 Å². The molecule has 0 saturated carbocycles. The molecule has 0 amide bonds. The first kappa shape index (κ1) is 45.9. The van der Waals surface area contributed by atoms with Gasteiger partial charge in [-0.2, -0.15) is 0 Å². The number of carbonyl (C=O) groups is 2. The van der Waals surface area contributed by atoms with Crippen molar-refractivity contribution < 1.29 is 23.5 Å². The van der Waals surface area contributed by atoms with E-state index in [0.29, 0.717) is 17.3 Å². The summed E-state index contributed by atoms with van der Waals surface area (Å²) >= 11 is 0. The summed E-state index contributed by atoms with van der Waals surface area (Å²) in [6, 6.07) is 0. The highest BCUT2D eigenvalue weighted by Crippen LogP contribution is 2.16. The lowest BCUT2D eigenvalue weighted by Crippen LogP contribution is -2.49. The number of nitrogens with zero attached hydrogens (tertiary/aromatic N) is 1. The van der Waals surface area contributed by atoms with Crippen LogP contribution < -0.4 is 0 Å². The van der Waals surface area contributed by atoms with Crippen molar-refractivity contribution in [2.45, 2.75) is 233 Å². The Morgan fingerprint density at radius 3 is 0.830 bits per heavy atom. The molecule has 0 radical (unpaired) electrons. The standard InChI is InChI=1S/C42H84NO4/c1-5-8-10-12-14-16-18-20-22-24-26-28-30-32-34-36-41(44)46-39-43(4,38-7-3)40-47-42(45)37-35-33-31-29-27-25-23-21-19-17-15-13-11-9-6-2/h5-40H2,1-4H3/q+1. The van der Waals surface area contributed by atoms with Crippen LogP contribution in [0, 0.1) is 0 Å². The largest absolute Gasteiger partial charge is 0.415 e. The maximum absolute atomic E-state index is 12.4. The lowest BCUT2D eigenvalue weighted by molar-refractivity contribution is -0.941. The Bertz CT molecular complexity index is 617. The van der Waals surface area contributed by atoms with Crippen molar-refractivity contribution in [1.82, 2.24) is 0 Å². The van der Waals surface area contributed by atoms with Crippen LogP contribution in [0.15, 0.2) is 0 Å². The topological polar surface area (TPSA) is 52.6 Å². The van der Waals surface area contributed by atoms with Crippen LogP contribution in [0.4, 0.5) is 0 Å². The molecular formula is C42H84NO4+. The molecule has 0 heterocycles. The molecule has 0 N–H and O–H groups in total. The van der Waals surface area contributed by atoms with Crippen LogP contribution in [0.2, 0.25) is 0 Å². The first-order chi connectivity index (χ1) is 23.0. The molecule has 0 aliphatic carbocycles. The summed E-state index contributed by atoms with van der Waals surface area (Å²) < 4.78 is 11.7. The second-order valence-electron chi connectivity index (χ2n) is 15.0. The van der Waals surface area contributed by atoms with E-state index in [0.717, 1.165) is 38.6 Å². The van der Waals surface area contributed by atoms with E-state index >= 15 is 0 Å². The minimum absolute atomic E-state index is 0.121. The summed E-state index contributed by atoms with van der Waals surface area (Å²) in [5.41, 5.74) is 0. The third-order valence-electron chi connectivity index (χ3n) is 9.81. The first-order valence-corrected chi connectivity index (χ1v) is 21.1. The van der Waals surface area contributed by atoms with Gasteiger partial charge in [0.15, 0.2) is 0 Å². The van der Waals surface area contributed by atoms with E-state index in [1.165, 1.54) is 167 Å². The molecule has 0 spiro atoms. The monoisotopic (exact) mass is 667 g/mol. The van der Waals surface area contributed by atoms with Crippen molar-refractivity contribution in [3.05, 3.63) is 0 Å². The van der Waals surface area contributed by atoms with Crippen LogP contribution in [0.25, 0.3) is 0 Å². The lowest BCUT2D eigenvalue weighted by atomic mass is 10.0. The minimum Gasteiger partial charge on any atom is -0.415 e. The van der Waals surface area contributed by atoms with Gasteiger partial charge in [0.25, 0.3) is 0 Å². The number of hydrogen-bond donors (Lipinski definition) is 0. The summed E-state index contributed by atoms with van der Waals surface area (Å²) in [5, 5.41) is 0. The Kier molecular flexibility index (Phi) is 35.3. The van der Waals surface area contributed by atoms with Crippen LogP contribution in [-0.4, -0.2) is 43.5 Å². The summed E-state index contributed by atoms with van der Waals surface area (Å²) in [6.07, 6.45) is 41.5. The van der Waals surface area contributed by atoms with Gasteiger partial charge >= 0.3 is 11.9 Å². The zero-order chi connectivity index (χ0) is 34.5. The molecule has 0 rings (SSSR count). The average Bonchev–Trinajstić information content (AvgIpc) is 3.06. The molecule has 0 bridgehead atoms. The van der Waals surface area contributed by atoms with Crippen molar-refractivity contribution >= 4 is 11.9 Å². The molecule has 0 atom stereocenters. The second-order valence-corrected chi connectivity index (χ2v) is 15.0. The summed E-state index contributed by atoms with van der Waals surface area (Å²) in [5.74, 6) is -0.242. The Labute approximate surface area is 294 Å². The average molecular weight is 667 g/mol. The Balaban J connectivity index is 3.71. The van der Waals surface area contributed by atoms with Crippen molar-refractivity contribution in [3.8, 4) is 0 Å². The van der Waals surface area contributed by atoms with Crippen LogP contribution in [0.5, 0.6) is 0 Å². The fourth-order valence-electron chi connectivity index (χ4n) is 6.59. The van der Waals surface area contributed by atoms with Gasteiger partial charge in [0.2, 0.25) is 13.5 Å². The molecule has 0 aromatic heterocycles. The molecule has 0 unspecified atom stereocenters. The second kappa shape index (κ2) is 36.2. The summed E-state index contributed by atoms with van der Waals surface area (Å²) in [4.78, 5) is 24.8. The van der Waals surface area contributed by atoms with Gasteiger partial charge in [-0.05, 0) is 19.3 Å². The molecule has 5 nitrogen and oxygen atoms in total. The number of ether oxygens (including phenoxy) is 2. The van der Waals surface area contributed by atoms with Crippen LogP contribution in [0.3, 0.4) is 0 Å². The van der Waals surface area contributed by atoms with Crippen molar-refractivity contribution in [3.63, 3.8) is 0 Å². The number of unbranched alkanes of at least 4 members (excludes halogenated alkanes) is 28. The zero-order valence-corrected chi connectivity index (χ0v) is 32.5. The van der Waals surface area contributed by atoms with Gasteiger partial charge in [-0.25, -0.2) is 0 Å². The van der Waals surface area contributed by atoms with E-state index < -0.39 is 0 Å². The SMILES string of the molecule is CCCCCCCCCCCCCCCCCC(=O)OC[N+](C)(CCC)COC(=O)CCCCCCCCCCCCCCCCC. The quantitative estimate of drug-likeness (QED) is 0.0285. The van der Waals surface area contributed by atoms with Gasteiger partial charge in [0.05, 0.1) is 13.6 Å². The van der Waals surface area contributed by atoms with Crippen LogP contribution in [-0.2, 0) is 19.1 Å². The number of carbonyl (C=O) groups excluding carboxylic acids is 2. The highest BCUT2D eigenvalue weighted by atomic mass is 16.6. The molecule has 0 aliphatic heterocycles. The minimum atomic E-state index is -0.121. The normalized spacial score (nSPS) is 11.7. The van der Waals surface area contributed by atoms with Gasteiger partial charge in [-0.1, -0.05) is 201 Å². The molecule has 47 heavy (non-hydrogen) atoms. The predicted octanol–water partition coefficient (Wildman–Crippen LogP) is 13.4. The van der Waals surface area contributed by atoms with Gasteiger partial charge in [0.1, 0.15) is 0 Å². The lowest BCUT2D eigenvalue weighted by Gasteiger charge is -2.32. The molecule has 0 fully saturated rings. The van der Waals surface area contributed by atoms with Gasteiger partial charge in [-0.3, -0.25) is 14.1 Å². The van der Waals surface area contributed by atoms with Crippen molar-refractivity contribution in [2.24, 2.45) is 0 Å². The van der Waals surface area contributed by atoms with Crippen molar-refractivity contribution in [1.29, 1.82) is 0 Å². The van der Waals surface area contributed by atoms with Gasteiger partial charge < -0.3 is 9.47 Å². The fourth-order valence-corrected chi connectivity index (χ4v) is 6.59. The smallest absolute Gasteiger partial charge is 0.310 e. The van der Waals surface area contributed by atoms with Gasteiger partial charge in [-0.15, -0.1) is 0 Å². The molecule has 5 heteroatoms. The maximum Gasteiger partial charge on any atom is 0.310 e. The van der Waals surface area contributed by atoms with Crippen LogP contribution in [0.1, 0.15) is 233 Å². The molecule has 0 saturated heterocycles. The molecule has 0 aromatic rings. The van der Waals surface area contributed by atoms with E-state index in [-0.39, 0.29) is 25.4 Å². The summed E-state index contributed by atoms with van der Waals surface area (Å²) in [6.45, 7) is 8.05. The number of rotatable bonds is 38. The Morgan fingerprint density at radius 2 is 0.596 bits per heavy atom. The number of esters is 2. The van der Waals surface area contributed by atoms with E-state index in [1.54, 1.807) is 0 Å². The molecule has 0 aliphatic rings. The molecular weight excluding hydrogens is 582 g/mol. The fraction of sp³-hybridized carbons (Fsp3) is 0.952. The Hall–Kier alpha value is -1.10. The van der Waals surface area contributed by atoms with E-state index in [4.69, 9.17) is 9.47 Å². The Morgan fingerprint density at radius 1 is 0.362 bits per heavy atom. The highest BCUT2D eigenvalue weighted by Gasteiger charge is 2.24. The number of quaternary nitrogens is 1. The third kappa shape index (κ3) is 34.6. The molecule has 0 aromatic carbocycles. The van der Waals surface area contributed by atoms with E-state index in [9.17, 15) is 9.59 Å². The summed E-state index contributed by atoms with van der Waals surface area (Å²) in [7, 11) is 2.02. The predicted molar refractivity (Wildman–Crippen MR) is 202 cm³/mol.